The maximum absolute atomic E-state index is 14.2. The second-order valence-electron chi connectivity index (χ2n) is 7.49. The summed E-state index contributed by atoms with van der Waals surface area (Å²) in [6.07, 6.45) is 3.88. The number of rotatable bonds is 7. The molecule has 0 spiro atoms. The van der Waals surface area contributed by atoms with E-state index in [1.165, 1.54) is 6.07 Å². The molecule has 1 fully saturated rings. The molecule has 0 aliphatic heterocycles. The van der Waals surface area contributed by atoms with Gasteiger partial charge in [0.25, 0.3) is 0 Å². The van der Waals surface area contributed by atoms with Crippen LogP contribution in [0.3, 0.4) is 0 Å². The van der Waals surface area contributed by atoms with Crippen molar-refractivity contribution in [2.45, 2.75) is 24.8 Å². The Morgan fingerprint density at radius 3 is 2.57 bits per heavy atom. The monoisotopic (exact) mass is 407 g/mol. The van der Waals surface area contributed by atoms with E-state index < -0.39 is 0 Å². The van der Waals surface area contributed by atoms with Crippen LogP contribution in [-0.2, 0) is 12.0 Å². The quantitative estimate of drug-likeness (QED) is 0.465. The predicted octanol–water partition coefficient (Wildman–Crippen LogP) is 3.42. The first-order valence-corrected chi connectivity index (χ1v) is 10.0. The minimum absolute atomic E-state index is 0.135. The van der Waals surface area contributed by atoms with Crippen molar-refractivity contribution in [3.63, 3.8) is 0 Å². The molecule has 4 rings (SSSR count). The largest absolute Gasteiger partial charge is 0.497 e. The van der Waals surface area contributed by atoms with Crippen LogP contribution in [0.15, 0.2) is 65.8 Å². The number of ether oxygens (including phenoxy) is 1. The summed E-state index contributed by atoms with van der Waals surface area (Å²) >= 11 is 0. The van der Waals surface area contributed by atoms with E-state index in [1.54, 1.807) is 20.2 Å². The highest BCUT2D eigenvalue weighted by Crippen LogP contribution is 2.48. The molecule has 1 aliphatic rings. The first kappa shape index (κ1) is 19.9. The number of nitrogens with zero attached hydrogens (tertiary/aromatic N) is 3. The Kier molecular flexibility index (Phi) is 5.70. The van der Waals surface area contributed by atoms with Crippen LogP contribution in [0.4, 0.5) is 4.39 Å². The molecular weight excluding hydrogens is 381 g/mol. The number of nitrogens with one attached hydrogen (secondary N) is 2. The van der Waals surface area contributed by atoms with Gasteiger partial charge in [0, 0.05) is 25.2 Å². The summed E-state index contributed by atoms with van der Waals surface area (Å²) in [5.74, 6) is 1.35. The predicted molar refractivity (Wildman–Crippen MR) is 116 cm³/mol. The summed E-state index contributed by atoms with van der Waals surface area (Å²) in [6.45, 7) is 1.18. The molecule has 2 aromatic carbocycles. The van der Waals surface area contributed by atoms with Crippen molar-refractivity contribution >= 4 is 5.96 Å². The third-order valence-corrected chi connectivity index (χ3v) is 5.53. The molecule has 0 unspecified atom stereocenters. The van der Waals surface area contributed by atoms with Crippen LogP contribution in [0.2, 0.25) is 0 Å². The third kappa shape index (κ3) is 4.30. The highest BCUT2D eigenvalue weighted by atomic mass is 19.1. The number of guanidine groups is 1. The van der Waals surface area contributed by atoms with Gasteiger partial charge in [-0.25, -0.2) is 9.07 Å². The molecule has 3 aromatic rings. The first-order valence-electron chi connectivity index (χ1n) is 10.0. The summed E-state index contributed by atoms with van der Waals surface area (Å²) in [5, 5.41) is 11.2. The van der Waals surface area contributed by atoms with E-state index in [2.05, 4.69) is 20.7 Å². The molecule has 1 heterocycles. The molecule has 1 saturated carbocycles. The fourth-order valence-corrected chi connectivity index (χ4v) is 3.57. The van der Waals surface area contributed by atoms with Crippen LogP contribution in [0.5, 0.6) is 5.75 Å². The van der Waals surface area contributed by atoms with Crippen molar-refractivity contribution in [2.24, 2.45) is 4.99 Å². The SMILES string of the molecule is CN=C(NCc1ccn(-c2ccc(OC)cc2)n1)NCC1(c2ccccc2F)CC1. The van der Waals surface area contributed by atoms with Crippen molar-refractivity contribution in [3.8, 4) is 11.4 Å². The van der Waals surface area contributed by atoms with Crippen LogP contribution in [0.1, 0.15) is 24.1 Å². The topological polar surface area (TPSA) is 63.5 Å². The maximum Gasteiger partial charge on any atom is 0.191 e. The van der Waals surface area contributed by atoms with Gasteiger partial charge in [-0.05, 0) is 54.8 Å². The molecule has 1 aliphatic carbocycles. The lowest BCUT2D eigenvalue weighted by atomic mass is 9.95. The van der Waals surface area contributed by atoms with E-state index in [9.17, 15) is 4.39 Å². The lowest BCUT2D eigenvalue weighted by Gasteiger charge is -2.19. The van der Waals surface area contributed by atoms with Gasteiger partial charge in [-0.1, -0.05) is 18.2 Å². The van der Waals surface area contributed by atoms with Crippen LogP contribution in [0.25, 0.3) is 5.69 Å². The number of methoxy groups -OCH3 is 1. The Morgan fingerprint density at radius 1 is 1.13 bits per heavy atom. The molecule has 156 valence electrons. The van der Waals surface area contributed by atoms with Gasteiger partial charge in [-0.2, -0.15) is 5.10 Å². The summed E-state index contributed by atoms with van der Waals surface area (Å²) in [5.41, 5.74) is 2.50. The molecule has 0 saturated heterocycles. The van der Waals surface area contributed by atoms with Crippen LogP contribution in [-0.4, -0.2) is 36.4 Å². The normalized spacial score (nSPS) is 15.0. The van der Waals surface area contributed by atoms with Gasteiger partial charge in [0.1, 0.15) is 11.6 Å². The van der Waals surface area contributed by atoms with Crippen molar-refractivity contribution in [1.29, 1.82) is 0 Å². The molecule has 0 amide bonds. The van der Waals surface area contributed by atoms with Gasteiger partial charge in [0.2, 0.25) is 0 Å². The second-order valence-corrected chi connectivity index (χ2v) is 7.49. The third-order valence-electron chi connectivity index (χ3n) is 5.53. The number of hydrogen-bond donors (Lipinski definition) is 2. The zero-order valence-corrected chi connectivity index (χ0v) is 17.2. The fraction of sp³-hybridized carbons (Fsp3) is 0.304. The summed E-state index contributed by atoms with van der Waals surface area (Å²) in [7, 11) is 3.38. The van der Waals surface area contributed by atoms with Crippen molar-refractivity contribution < 1.29 is 9.13 Å². The van der Waals surface area contributed by atoms with E-state index in [-0.39, 0.29) is 11.2 Å². The molecule has 0 bridgehead atoms. The van der Waals surface area contributed by atoms with Gasteiger partial charge in [0.05, 0.1) is 25.0 Å². The lowest BCUT2D eigenvalue weighted by Crippen LogP contribution is -2.41. The Hall–Kier alpha value is -3.35. The van der Waals surface area contributed by atoms with Crippen molar-refractivity contribution in [1.82, 2.24) is 20.4 Å². The van der Waals surface area contributed by atoms with Crippen LogP contribution in [0, 0.1) is 5.82 Å². The van der Waals surface area contributed by atoms with E-state index >= 15 is 0 Å². The zero-order chi connectivity index (χ0) is 21.0. The Morgan fingerprint density at radius 2 is 1.90 bits per heavy atom. The summed E-state index contributed by atoms with van der Waals surface area (Å²) < 4.78 is 21.2. The second kappa shape index (κ2) is 8.57. The summed E-state index contributed by atoms with van der Waals surface area (Å²) in [4.78, 5) is 4.29. The Balaban J connectivity index is 1.33. The minimum atomic E-state index is -0.140. The molecule has 7 heteroatoms. The van der Waals surface area contributed by atoms with E-state index in [0.29, 0.717) is 19.0 Å². The molecule has 2 N–H and O–H groups in total. The minimum Gasteiger partial charge on any atom is -0.497 e. The number of hydrogen-bond acceptors (Lipinski definition) is 3. The average Bonchev–Trinajstić information content (AvgIpc) is 3.42. The maximum atomic E-state index is 14.2. The van der Waals surface area contributed by atoms with Crippen molar-refractivity contribution in [2.75, 3.05) is 20.7 Å². The highest BCUT2D eigenvalue weighted by Gasteiger charge is 2.45. The van der Waals surface area contributed by atoms with Gasteiger partial charge in [-0.15, -0.1) is 0 Å². The lowest BCUT2D eigenvalue weighted by molar-refractivity contribution is 0.414. The number of aromatic nitrogens is 2. The van der Waals surface area contributed by atoms with Crippen LogP contribution >= 0.6 is 0 Å². The molecule has 1 aromatic heterocycles. The summed E-state index contributed by atoms with van der Waals surface area (Å²) in [6, 6.07) is 16.7. The number of aliphatic imine (C=N–C) groups is 1. The number of benzene rings is 2. The number of halogens is 1. The average molecular weight is 407 g/mol. The van der Waals surface area contributed by atoms with E-state index in [4.69, 9.17) is 4.74 Å². The molecule has 0 atom stereocenters. The highest BCUT2D eigenvalue weighted by molar-refractivity contribution is 5.79. The van der Waals surface area contributed by atoms with E-state index in [1.807, 2.05) is 53.3 Å². The zero-order valence-electron chi connectivity index (χ0n) is 17.2. The Labute approximate surface area is 175 Å². The van der Waals surface area contributed by atoms with Gasteiger partial charge in [0.15, 0.2) is 5.96 Å². The smallest absolute Gasteiger partial charge is 0.191 e. The molecule has 0 radical (unpaired) electrons. The van der Waals surface area contributed by atoms with Gasteiger partial charge < -0.3 is 15.4 Å². The van der Waals surface area contributed by atoms with Crippen molar-refractivity contribution in [3.05, 3.63) is 77.9 Å². The Bertz CT molecular complexity index is 1020. The fourth-order valence-electron chi connectivity index (χ4n) is 3.57. The molecule has 6 nitrogen and oxygen atoms in total. The van der Waals surface area contributed by atoms with E-state index in [0.717, 1.165) is 35.5 Å². The van der Waals surface area contributed by atoms with Crippen LogP contribution < -0.4 is 15.4 Å². The first-order chi connectivity index (χ1) is 14.6. The van der Waals surface area contributed by atoms with Gasteiger partial charge >= 0.3 is 0 Å². The van der Waals surface area contributed by atoms with Gasteiger partial charge in [-0.3, -0.25) is 4.99 Å². The standard InChI is InChI=1S/C23H26FN5O/c1-25-22(27-16-23(12-13-23)20-5-3-4-6-21(20)24)26-15-17-11-14-29(28-17)18-7-9-19(30-2)10-8-18/h3-11,14H,12-13,15-16H2,1-2H3,(H2,25,26,27). The molecule has 30 heavy (non-hydrogen) atoms. The molecular formula is C23H26FN5O.